The van der Waals surface area contributed by atoms with Gasteiger partial charge in [0.25, 0.3) is 0 Å². The smallest absolute Gasteiger partial charge is 0.137 e. The van der Waals surface area contributed by atoms with E-state index in [4.69, 9.17) is 4.74 Å². The molecule has 0 bridgehead atoms. The van der Waals surface area contributed by atoms with Gasteiger partial charge in [-0.1, -0.05) is 6.07 Å². The monoisotopic (exact) mass is 367 g/mol. The molecule has 0 saturated carbocycles. The third-order valence-electron chi connectivity index (χ3n) is 3.89. The van der Waals surface area contributed by atoms with E-state index >= 15 is 0 Å². The van der Waals surface area contributed by atoms with Gasteiger partial charge in [0.05, 0.1) is 17.7 Å². The van der Waals surface area contributed by atoms with Gasteiger partial charge >= 0.3 is 0 Å². The van der Waals surface area contributed by atoms with Gasteiger partial charge in [0.2, 0.25) is 0 Å². The summed E-state index contributed by atoms with van der Waals surface area (Å²) in [5.41, 5.74) is 1.05. The minimum Gasteiger partial charge on any atom is -0.379 e. The molecule has 0 radical (unpaired) electrons. The van der Waals surface area contributed by atoms with Crippen molar-refractivity contribution in [2.75, 3.05) is 32.8 Å². The molecule has 1 aliphatic rings. The quantitative estimate of drug-likeness (QED) is 0.813. The number of rotatable bonds is 5. The van der Waals surface area contributed by atoms with E-state index in [-0.39, 0.29) is 5.82 Å². The molecule has 22 heavy (non-hydrogen) atoms. The molecule has 0 atom stereocenters. The zero-order valence-electron chi connectivity index (χ0n) is 12.3. The summed E-state index contributed by atoms with van der Waals surface area (Å²) in [4.78, 5) is 6.86. The highest BCUT2D eigenvalue weighted by molar-refractivity contribution is 9.10. The van der Waals surface area contributed by atoms with Crippen LogP contribution in [0.4, 0.5) is 4.39 Å². The lowest BCUT2D eigenvalue weighted by Gasteiger charge is -2.26. The van der Waals surface area contributed by atoms with Gasteiger partial charge in [-0.3, -0.25) is 4.90 Å². The summed E-state index contributed by atoms with van der Waals surface area (Å²) >= 11 is 3.23. The number of morpholine rings is 1. The molecule has 0 unspecified atom stereocenters. The van der Waals surface area contributed by atoms with Crippen LogP contribution in [0.25, 0.3) is 0 Å². The fraction of sp³-hybridized carbons (Fsp3) is 0.438. The fourth-order valence-electron chi connectivity index (χ4n) is 2.63. The molecule has 0 N–H and O–H groups in total. The zero-order valence-corrected chi connectivity index (χ0v) is 13.9. The van der Waals surface area contributed by atoms with Crippen molar-refractivity contribution >= 4 is 15.9 Å². The average molecular weight is 368 g/mol. The summed E-state index contributed by atoms with van der Waals surface area (Å²) in [6.45, 7) is 5.32. The van der Waals surface area contributed by atoms with Crippen LogP contribution in [0.3, 0.4) is 0 Å². The maximum absolute atomic E-state index is 13.3. The van der Waals surface area contributed by atoms with Crippen LogP contribution in [0, 0.1) is 5.82 Å². The Morgan fingerprint density at radius 3 is 2.86 bits per heavy atom. The highest BCUT2D eigenvalue weighted by atomic mass is 79.9. The van der Waals surface area contributed by atoms with E-state index in [9.17, 15) is 4.39 Å². The van der Waals surface area contributed by atoms with E-state index < -0.39 is 0 Å². The molecule has 6 heteroatoms. The number of hydrogen-bond donors (Lipinski definition) is 0. The molecule has 0 amide bonds. The predicted octanol–water partition coefficient (Wildman–Crippen LogP) is 2.71. The Bertz CT molecular complexity index is 626. The average Bonchev–Trinajstić information content (AvgIpc) is 2.97. The Kier molecular flexibility index (Phi) is 5.23. The van der Waals surface area contributed by atoms with Crippen LogP contribution in [0.2, 0.25) is 0 Å². The van der Waals surface area contributed by atoms with Crippen LogP contribution in [0.15, 0.2) is 35.1 Å². The fourth-order valence-corrected chi connectivity index (χ4v) is 3.06. The first-order valence-corrected chi connectivity index (χ1v) is 8.26. The molecule has 118 valence electrons. The van der Waals surface area contributed by atoms with E-state index in [0.29, 0.717) is 11.0 Å². The SMILES string of the molecule is Fc1ccc(Cn2ccnc2CCN2CCOCC2)cc1Br. The van der Waals surface area contributed by atoms with E-state index in [0.717, 1.165) is 50.7 Å². The summed E-state index contributed by atoms with van der Waals surface area (Å²) < 4.78 is 21.3. The van der Waals surface area contributed by atoms with Crippen LogP contribution in [0.5, 0.6) is 0 Å². The lowest BCUT2D eigenvalue weighted by atomic mass is 10.2. The molecule has 0 spiro atoms. The molecule has 1 fully saturated rings. The molecule has 3 rings (SSSR count). The van der Waals surface area contributed by atoms with E-state index in [1.54, 1.807) is 0 Å². The zero-order chi connectivity index (χ0) is 15.4. The molecule has 1 aliphatic heterocycles. The second kappa shape index (κ2) is 7.35. The second-order valence-corrected chi connectivity index (χ2v) is 6.28. The van der Waals surface area contributed by atoms with Gasteiger partial charge in [0.1, 0.15) is 11.6 Å². The molecule has 2 heterocycles. The minimum absolute atomic E-state index is 0.234. The Labute approximate surface area is 138 Å². The summed E-state index contributed by atoms with van der Waals surface area (Å²) in [7, 11) is 0. The van der Waals surface area contributed by atoms with Crippen molar-refractivity contribution < 1.29 is 9.13 Å². The normalized spacial score (nSPS) is 16.1. The summed E-state index contributed by atoms with van der Waals surface area (Å²) in [6.07, 6.45) is 4.72. The third-order valence-corrected chi connectivity index (χ3v) is 4.50. The van der Waals surface area contributed by atoms with Crippen LogP contribution in [0.1, 0.15) is 11.4 Å². The summed E-state index contributed by atoms with van der Waals surface area (Å²) in [6, 6.07) is 5.12. The number of ether oxygens (including phenoxy) is 1. The van der Waals surface area contributed by atoms with Crippen molar-refractivity contribution in [3.05, 3.63) is 52.3 Å². The second-order valence-electron chi connectivity index (χ2n) is 5.42. The molecule has 2 aromatic rings. The molecule has 1 aromatic heterocycles. The van der Waals surface area contributed by atoms with Crippen molar-refractivity contribution in [3.8, 4) is 0 Å². The standard InChI is InChI=1S/C16H19BrFN3O/c17-14-11-13(1-2-15(14)18)12-21-6-4-19-16(21)3-5-20-7-9-22-10-8-20/h1-2,4,6,11H,3,5,7-10,12H2. The maximum Gasteiger partial charge on any atom is 0.137 e. The van der Waals surface area contributed by atoms with Gasteiger partial charge < -0.3 is 9.30 Å². The predicted molar refractivity (Wildman–Crippen MR) is 86.4 cm³/mol. The van der Waals surface area contributed by atoms with E-state index in [1.807, 2.05) is 24.5 Å². The molecule has 4 nitrogen and oxygen atoms in total. The number of hydrogen-bond acceptors (Lipinski definition) is 3. The Morgan fingerprint density at radius 2 is 2.09 bits per heavy atom. The van der Waals surface area contributed by atoms with Gasteiger partial charge in [-0.15, -0.1) is 0 Å². The Balaban J connectivity index is 1.62. The number of imidazole rings is 1. The Morgan fingerprint density at radius 1 is 1.27 bits per heavy atom. The van der Waals surface area contributed by atoms with Crippen molar-refractivity contribution in [1.29, 1.82) is 0 Å². The lowest BCUT2D eigenvalue weighted by Crippen LogP contribution is -2.37. The maximum atomic E-state index is 13.3. The van der Waals surface area contributed by atoms with Gasteiger partial charge in [-0.05, 0) is 33.6 Å². The number of aromatic nitrogens is 2. The van der Waals surface area contributed by atoms with Crippen LogP contribution < -0.4 is 0 Å². The van der Waals surface area contributed by atoms with Gasteiger partial charge in [0.15, 0.2) is 0 Å². The number of halogens is 2. The van der Waals surface area contributed by atoms with Gasteiger partial charge in [-0.2, -0.15) is 0 Å². The van der Waals surface area contributed by atoms with Crippen LogP contribution >= 0.6 is 15.9 Å². The summed E-state index contributed by atoms with van der Waals surface area (Å²) in [5, 5.41) is 0. The first-order chi connectivity index (χ1) is 10.7. The van der Waals surface area contributed by atoms with Gasteiger partial charge in [0, 0.05) is 45.0 Å². The number of benzene rings is 1. The Hall–Kier alpha value is -1.24. The molecule has 1 saturated heterocycles. The lowest BCUT2D eigenvalue weighted by molar-refractivity contribution is 0.0381. The van der Waals surface area contributed by atoms with Crippen molar-refractivity contribution in [1.82, 2.24) is 14.5 Å². The topological polar surface area (TPSA) is 30.3 Å². The van der Waals surface area contributed by atoms with Crippen molar-refractivity contribution in [2.24, 2.45) is 0 Å². The van der Waals surface area contributed by atoms with E-state index in [1.165, 1.54) is 6.07 Å². The highest BCUT2D eigenvalue weighted by Gasteiger charge is 2.12. The van der Waals surface area contributed by atoms with Gasteiger partial charge in [-0.25, -0.2) is 9.37 Å². The molecule has 0 aliphatic carbocycles. The number of nitrogens with zero attached hydrogens (tertiary/aromatic N) is 3. The van der Waals surface area contributed by atoms with Crippen LogP contribution in [-0.4, -0.2) is 47.3 Å². The minimum atomic E-state index is -0.234. The molecular weight excluding hydrogens is 349 g/mol. The molecule has 1 aromatic carbocycles. The van der Waals surface area contributed by atoms with E-state index in [2.05, 4.69) is 30.4 Å². The summed E-state index contributed by atoms with van der Waals surface area (Å²) in [5.74, 6) is 0.828. The first-order valence-electron chi connectivity index (χ1n) is 7.46. The molecular formula is C16H19BrFN3O. The first kappa shape index (κ1) is 15.6. The highest BCUT2D eigenvalue weighted by Crippen LogP contribution is 2.18. The largest absolute Gasteiger partial charge is 0.379 e. The van der Waals surface area contributed by atoms with Crippen molar-refractivity contribution in [3.63, 3.8) is 0 Å². The van der Waals surface area contributed by atoms with Crippen molar-refractivity contribution in [2.45, 2.75) is 13.0 Å². The van der Waals surface area contributed by atoms with Crippen LogP contribution in [-0.2, 0) is 17.7 Å². The third kappa shape index (κ3) is 3.94.